The van der Waals surface area contributed by atoms with Crippen LogP contribution in [0.5, 0.6) is 0 Å². The van der Waals surface area contributed by atoms with Crippen molar-refractivity contribution < 1.29 is 17.9 Å². The molecule has 0 aliphatic carbocycles. The van der Waals surface area contributed by atoms with Crippen LogP contribution in [0.15, 0.2) is 30.5 Å². The van der Waals surface area contributed by atoms with Crippen molar-refractivity contribution in [2.45, 2.75) is 13.5 Å². The van der Waals surface area contributed by atoms with Crippen molar-refractivity contribution in [1.29, 1.82) is 0 Å². The molecule has 0 bridgehead atoms. The Balaban J connectivity index is 1.88. The fourth-order valence-corrected chi connectivity index (χ4v) is 3.17. The molecule has 0 radical (unpaired) electrons. The second-order valence-electron chi connectivity index (χ2n) is 5.76. The molecule has 0 saturated heterocycles. The highest BCUT2D eigenvalue weighted by molar-refractivity contribution is 7.90. The van der Waals surface area contributed by atoms with Crippen molar-refractivity contribution in [2.75, 3.05) is 25.2 Å². The van der Waals surface area contributed by atoms with Crippen molar-refractivity contribution in [3.63, 3.8) is 0 Å². The average Bonchev–Trinajstić information content (AvgIpc) is 2.82. The first-order chi connectivity index (χ1) is 11.4. The number of pyridine rings is 1. The SMILES string of the molecule is Cc1nc2c[n+]([O-])c3ccccc3c2n1CCOCCS(C)(=O)=O. The van der Waals surface area contributed by atoms with Gasteiger partial charge in [-0.2, -0.15) is 4.73 Å². The average molecular weight is 349 g/mol. The zero-order valence-corrected chi connectivity index (χ0v) is 14.4. The van der Waals surface area contributed by atoms with Gasteiger partial charge in [-0.15, -0.1) is 0 Å². The van der Waals surface area contributed by atoms with Crippen molar-refractivity contribution in [1.82, 2.24) is 9.55 Å². The minimum absolute atomic E-state index is 0.00969. The number of hydrogen-bond acceptors (Lipinski definition) is 5. The van der Waals surface area contributed by atoms with Crippen molar-refractivity contribution in [3.8, 4) is 0 Å². The zero-order valence-electron chi connectivity index (χ0n) is 13.6. The summed E-state index contributed by atoms with van der Waals surface area (Å²) in [5.74, 6) is 0.795. The van der Waals surface area contributed by atoms with Crippen LogP contribution < -0.4 is 4.73 Å². The maximum Gasteiger partial charge on any atom is 0.226 e. The maximum absolute atomic E-state index is 12.1. The van der Waals surface area contributed by atoms with E-state index >= 15 is 0 Å². The number of imidazole rings is 1. The Morgan fingerprint density at radius 3 is 2.79 bits per heavy atom. The first kappa shape index (κ1) is 16.7. The maximum atomic E-state index is 12.1. The van der Waals surface area contributed by atoms with E-state index in [-0.39, 0.29) is 12.4 Å². The number of hydrogen-bond donors (Lipinski definition) is 0. The van der Waals surface area contributed by atoms with E-state index in [9.17, 15) is 13.6 Å². The molecular weight excluding hydrogens is 330 g/mol. The topological polar surface area (TPSA) is 88.1 Å². The summed E-state index contributed by atoms with van der Waals surface area (Å²) >= 11 is 0. The van der Waals surface area contributed by atoms with Gasteiger partial charge in [0.25, 0.3) is 0 Å². The third-order valence-electron chi connectivity index (χ3n) is 3.88. The van der Waals surface area contributed by atoms with Gasteiger partial charge < -0.3 is 14.5 Å². The normalized spacial score (nSPS) is 12.2. The van der Waals surface area contributed by atoms with Crippen LogP contribution in [0.2, 0.25) is 0 Å². The molecule has 0 unspecified atom stereocenters. The summed E-state index contributed by atoms with van der Waals surface area (Å²) < 4.78 is 30.5. The molecule has 24 heavy (non-hydrogen) atoms. The Hall–Kier alpha value is -2.19. The van der Waals surface area contributed by atoms with Crippen LogP contribution in [0.4, 0.5) is 0 Å². The summed E-state index contributed by atoms with van der Waals surface area (Å²) in [5.41, 5.74) is 2.11. The van der Waals surface area contributed by atoms with Gasteiger partial charge in [-0.25, -0.2) is 13.4 Å². The number of sulfone groups is 1. The summed E-state index contributed by atoms with van der Waals surface area (Å²) in [5, 5.41) is 12.9. The van der Waals surface area contributed by atoms with Gasteiger partial charge in [-0.3, -0.25) is 0 Å². The Morgan fingerprint density at radius 2 is 2.04 bits per heavy atom. The quantitative estimate of drug-likeness (QED) is 0.379. The molecule has 3 aromatic rings. The van der Waals surface area contributed by atoms with Gasteiger partial charge in [0.05, 0.1) is 29.9 Å². The van der Waals surface area contributed by atoms with E-state index in [0.717, 1.165) is 21.5 Å². The molecule has 3 rings (SSSR count). The fraction of sp³-hybridized carbons (Fsp3) is 0.375. The molecule has 8 heteroatoms. The number of benzene rings is 1. The van der Waals surface area contributed by atoms with Gasteiger partial charge in [0, 0.05) is 18.9 Å². The van der Waals surface area contributed by atoms with Crippen LogP contribution in [-0.4, -0.2) is 43.2 Å². The van der Waals surface area contributed by atoms with E-state index in [0.29, 0.717) is 24.2 Å². The summed E-state index contributed by atoms with van der Waals surface area (Å²) in [6, 6.07) is 7.38. The van der Waals surface area contributed by atoms with Crippen molar-refractivity contribution in [3.05, 3.63) is 41.5 Å². The van der Waals surface area contributed by atoms with Crippen LogP contribution in [0.3, 0.4) is 0 Å². The zero-order chi connectivity index (χ0) is 17.3. The van der Waals surface area contributed by atoms with Crippen LogP contribution in [-0.2, 0) is 21.1 Å². The molecule has 0 fully saturated rings. The highest BCUT2D eigenvalue weighted by Gasteiger charge is 2.16. The highest BCUT2D eigenvalue weighted by Crippen LogP contribution is 2.23. The molecule has 0 atom stereocenters. The molecule has 7 nitrogen and oxygen atoms in total. The molecule has 0 aliphatic heterocycles. The third kappa shape index (κ3) is 3.34. The first-order valence-electron chi connectivity index (χ1n) is 7.60. The van der Waals surface area contributed by atoms with Gasteiger partial charge >= 0.3 is 0 Å². The monoisotopic (exact) mass is 349 g/mol. The largest absolute Gasteiger partial charge is 0.618 e. The Labute approximate surface area is 140 Å². The minimum Gasteiger partial charge on any atom is -0.618 e. The summed E-state index contributed by atoms with van der Waals surface area (Å²) in [7, 11) is -3.02. The number of aryl methyl sites for hydroxylation is 1. The third-order valence-corrected chi connectivity index (χ3v) is 4.79. The number of ether oxygens (including phenoxy) is 1. The Morgan fingerprint density at radius 1 is 1.29 bits per heavy atom. The molecule has 128 valence electrons. The van der Waals surface area contributed by atoms with E-state index in [2.05, 4.69) is 4.98 Å². The lowest BCUT2D eigenvalue weighted by atomic mass is 10.2. The van der Waals surface area contributed by atoms with E-state index in [1.807, 2.05) is 29.7 Å². The number of aromatic nitrogens is 3. The summed E-state index contributed by atoms with van der Waals surface area (Å²) in [6.45, 7) is 2.97. The van der Waals surface area contributed by atoms with Crippen LogP contribution in [0.1, 0.15) is 5.82 Å². The molecule has 0 N–H and O–H groups in total. The smallest absolute Gasteiger partial charge is 0.226 e. The van der Waals surface area contributed by atoms with Gasteiger partial charge in [0.15, 0.2) is 5.52 Å². The number of nitrogens with zero attached hydrogens (tertiary/aromatic N) is 3. The van der Waals surface area contributed by atoms with E-state index in [4.69, 9.17) is 4.74 Å². The molecule has 2 heterocycles. The van der Waals surface area contributed by atoms with Gasteiger partial charge in [-0.05, 0) is 13.0 Å². The standard InChI is InChI=1S/C16H19N3O4S/c1-12-17-14-11-19(20)15-6-4-3-5-13(15)16(14)18(12)7-8-23-9-10-24(2,21)22/h3-6,11H,7-10H2,1-2H3. The van der Waals surface area contributed by atoms with Crippen LogP contribution in [0, 0.1) is 12.1 Å². The van der Waals surface area contributed by atoms with Gasteiger partial charge in [0.2, 0.25) is 11.7 Å². The van der Waals surface area contributed by atoms with Gasteiger partial charge in [0.1, 0.15) is 15.7 Å². The number of fused-ring (bicyclic) bond motifs is 3. The van der Waals surface area contributed by atoms with Crippen molar-refractivity contribution in [2.24, 2.45) is 0 Å². The lowest BCUT2D eigenvalue weighted by Crippen LogP contribution is -2.26. The number of para-hydroxylation sites is 1. The lowest BCUT2D eigenvalue weighted by Gasteiger charge is -2.09. The predicted octanol–water partition coefficient (Wildman–Crippen LogP) is 1.19. The highest BCUT2D eigenvalue weighted by atomic mass is 32.2. The minimum atomic E-state index is -3.02. The molecule has 0 spiro atoms. The van der Waals surface area contributed by atoms with E-state index in [1.165, 1.54) is 12.5 Å². The second kappa shape index (κ2) is 6.37. The summed E-state index contributed by atoms with van der Waals surface area (Å²) in [4.78, 5) is 4.45. The molecule has 1 aromatic carbocycles. The predicted molar refractivity (Wildman–Crippen MR) is 91.5 cm³/mol. The molecule has 0 amide bonds. The molecule has 0 saturated carbocycles. The second-order valence-corrected chi connectivity index (χ2v) is 8.02. The van der Waals surface area contributed by atoms with E-state index < -0.39 is 9.84 Å². The first-order valence-corrected chi connectivity index (χ1v) is 9.66. The number of rotatable bonds is 6. The van der Waals surface area contributed by atoms with Crippen molar-refractivity contribution >= 4 is 31.8 Å². The Bertz CT molecular complexity index is 995. The van der Waals surface area contributed by atoms with Gasteiger partial charge in [-0.1, -0.05) is 12.1 Å². The van der Waals surface area contributed by atoms with Crippen LogP contribution >= 0.6 is 0 Å². The van der Waals surface area contributed by atoms with Crippen LogP contribution in [0.25, 0.3) is 21.9 Å². The lowest BCUT2D eigenvalue weighted by molar-refractivity contribution is -0.575. The molecule has 0 aliphatic rings. The fourth-order valence-electron chi connectivity index (χ4n) is 2.75. The van der Waals surface area contributed by atoms with E-state index in [1.54, 1.807) is 6.07 Å². The Kier molecular flexibility index (Phi) is 4.42. The summed E-state index contributed by atoms with van der Waals surface area (Å²) in [6.07, 6.45) is 2.67. The molecule has 2 aromatic heterocycles. The molecular formula is C16H19N3O4S.